The number of aromatic amines is 2. The van der Waals surface area contributed by atoms with Crippen molar-refractivity contribution in [1.29, 1.82) is 5.26 Å². The van der Waals surface area contributed by atoms with Crippen LogP contribution in [-0.4, -0.2) is 72.1 Å². The van der Waals surface area contributed by atoms with Gasteiger partial charge in [-0.2, -0.15) is 5.26 Å². The minimum atomic E-state index is -1.25. The maximum Gasteiger partial charge on any atom is 0.346 e. The number of carboxylic acids is 1. The second-order valence-electron chi connectivity index (χ2n) is 15.2. The third-order valence-corrected chi connectivity index (χ3v) is 13.6. The van der Waals surface area contributed by atoms with E-state index < -0.39 is 5.97 Å². The summed E-state index contributed by atoms with van der Waals surface area (Å²) in [5.74, 6) is 0.793. The van der Waals surface area contributed by atoms with Gasteiger partial charge in [-0.25, -0.2) is 34.7 Å². The van der Waals surface area contributed by atoms with E-state index in [9.17, 15) is 15.2 Å². The van der Waals surface area contributed by atoms with Gasteiger partial charge in [0.25, 0.3) is 0 Å². The van der Waals surface area contributed by atoms with Crippen molar-refractivity contribution in [3.63, 3.8) is 0 Å². The molecule has 0 unspecified atom stereocenters. The summed E-state index contributed by atoms with van der Waals surface area (Å²) in [6.07, 6.45) is 5.53. The molecule has 0 fully saturated rings. The van der Waals surface area contributed by atoms with Crippen molar-refractivity contribution in [3.05, 3.63) is 118 Å². The predicted octanol–water partition coefficient (Wildman–Crippen LogP) is 10.9. The second-order valence-corrected chi connectivity index (χ2v) is 17.4. The SMILES string of the molecule is CNc1ccc2c(c1)-c1nc-2nc2[nH]c(nc3nc(nc4[nH]c(n1)c1ccc(/C=C/c5ccc(-c6ccc(/C=C(/C#N)C(=O)O)s6)s5)cc41)-c1ccc(NC)cc1-3)c1ccc(NC)cc21. The summed E-state index contributed by atoms with van der Waals surface area (Å²) in [7, 11) is 5.66. The Balaban J connectivity index is 1.10. The average Bonchev–Trinajstić information content (AvgIpc) is 4.20. The van der Waals surface area contributed by atoms with Crippen LogP contribution in [0.25, 0.3) is 118 Å². The van der Waals surface area contributed by atoms with Crippen molar-refractivity contribution in [2.24, 2.45) is 0 Å². The summed E-state index contributed by atoms with van der Waals surface area (Å²) < 4.78 is 0. The Morgan fingerprint density at radius 3 is 1.58 bits per heavy atom. The molecule has 14 nitrogen and oxygen atoms in total. The summed E-state index contributed by atoms with van der Waals surface area (Å²) in [6.45, 7) is 0. The number of aromatic nitrogens is 8. The number of carbonyl (C=O) groups is 1. The molecule has 16 heteroatoms. The number of anilines is 3. The molecule has 0 amide bonds. The van der Waals surface area contributed by atoms with Crippen molar-refractivity contribution < 1.29 is 9.90 Å². The monoisotopic (exact) mass is 886 g/mol. The zero-order valence-corrected chi connectivity index (χ0v) is 36.4. The topological polar surface area (TPSA) is 206 Å². The standard InChI is InChI=1S/C49H34N12O2S2/c1-51-26-6-13-32-36(20-26)47-57-42(32)55-45-35-18-24(4-9-29-10-16-39(64-29)40-17-11-30(65-40)19-25(23-50)49(62)63)5-12-31(35)41(54-45)56-46-37-21-27(52-2)7-14-33(37)43(58-46)60-48-38-22-28(53-3)8-15-34(38)44(59-47)61-48/h4-22,51-53H,1-3H3,(H,62,63)(H2,54,55,56,57,58,59,60,61)/b9-4+,25-19-. The largest absolute Gasteiger partial charge is 0.477 e. The summed E-state index contributed by atoms with van der Waals surface area (Å²) in [4.78, 5) is 53.1. The molecular weight excluding hydrogens is 853 g/mol. The number of nitrogens with zero attached hydrogens (tertiary/aromatic N) is 7. The van der Waals surface area contributed by atoms with Crippen LogP contribution in [0.3, 0.4) is 0 Å². The van der Waals surface area contributed by atoms with Crippen LogP contribution in [0.15, 0.2) is 103 Å². The Labute approximate surface area is 377 Å². The number of carboxylic acid groups (broad SMARTS) is 1. The highest BCUT2D eigenvalue weighted by Crippen LogP contribution is 2.40. The van der Waals surface area contributed by atoms with Gasteiger partial charge in [-0.1, -0.05) is 12.1 Å². The maximum absolute atomic E-state index is 11.4. The van der Waals surface area contributed by atoms with E-state index in [2.05, 4.69) is 62.3 Å². The molecule has 8 bridgehead atoms. The van der Waals surface area contributed by atoms with Gasteiger partial charge in [0.15, 0.2) is 23.3 Å². The fourth-order valence-corrected chi connectivity index (χ4v) is 9.93. The van der Waals surface area contributed by atoms with Crippen LogP contribution in [0.5, 0.6) is 0 Å². The lowest BCUT2D eigenvalue weighted by molar-refractivity contribution is -0.132. The number of fused-ring (bicyclic) bond motifs is 20. The van der Waals surface area contributed by atoms with Gasteiger partial charge in [-0.3, -0.25) is 0 Å². The van der Waals surface area contributed by atoms with Crippen molar-refractivity contribution in [2.45, 2.75) is 0 Å². The van der Waals surface area contributed by atoms with Crippen LogP contribution in [0.1, 0.15) is 15.3 Å². The molecule has 4 aromatic carbocycles. The lowest BCUT2D eigenvalue weighted by Crippen LogP contribution is -1.96. The molecule has 5 aromatic heterocycles. The summed E-state index contributed by atoms with van der Waals surface area (Å²) in [5.41, 5.74) is 9.15. The lowest BCUT2D eigenvalue weighted by Gasteiger charge is -2.03. The van der Waals surface area contributed by atoms with E-state index in [1.807, 2.05) is 93.9 Å². The number of thiophene rings is 2. The minimum Gasteiger partial charge on any atom is -0.477 e. The quantitative estimate of drug-likeness (QED) is 0.0623. The molecule has 0 saturated carbocycles. The number of aliphatic carboxylic acids is 1. The molecule has 9 aromatic rings. The molecule has 0 atom stereocenters. The highest BCUT2D eigenvalue weighted by molar-refractivity contribution is 7.23. The molecule has 7 heterocycles. The molecular formula is C49H34N12O2S2. The molecule has 2 aliphatic heterocycles. The number of nitrogens with one attached hydrogen (secondary N) is 5. The van der Waals surface area contributed by atoms with E-state index in [-0.39, 0.29) is 5.57 Å². The van der Waals surface area contributed by atoms with Crippen LogP contribution in [0.4, 0.5) is 17.1 Å². The Hall–Kier alpha value is -8.52. The Bertz CT molecular complexity index is 3750. The summed E-state index contributed by atoms with van der Waals surface area (Å²) in [6, 6.07) is 34.0. The Morgan fingerprint density at radius 2 is 1.03 bits per heavy atom. The van der Waals surface area contributed by atoms with E-state index in [0.717, 1.165) is 81.1 Å². The second kappa shape index (κ2) is 15.7. The molecule has 314 valence electrons. The van der Waals surface area contributed by atoms with E-state index in [1.54, 1.807) is 17.4 Å². The molecule has 0 radical (unpaired) electrons. The first-order valence-electron chi connectivity index (χ1n) is 20.4. The molecule has 0 aliphatic carbocycles. The van der Waals surface area contributed by atoms with Crippen LogP contribution >= 0.6 is 22.7 Å². The first-order chi connectivity index (χ1) is 31.7. The van der Waals surface area contributed by atoms with Gasteiger partial charge < -0.3 is 31.0 Å². The van der Waals surface area contributed by atoms with E-state index >= 15 is 0 Å². The number of rotatable bonds is 8. The van der Waals surface area contributed by atoms with Crippen molar-refractivity contribution in [1.82, 2.24) is 39.9 Å². The smallest absolute Gasteiger partial charge is 0.346 e. The molecule has 0 saturated heterocycles. The molecule has 65 heavy (non-hydrogen) atoms. The third kappa shape index (κ3) is 7.01. The predicted molar refractivity (Wildman–Crippen MR) is 262 cm³/mol. The van der Waals surface area contributed by atoms with Gasteiger partial charge in [-0.05, 0) is 109 Å². The van der Waals surface area contributed by atoms with Crippen LogP contribution in [0, 0.1) is 11.3 Å². The zero-order valence-electron chi connectivity index (χ0n) is 34.8. The van der Waals surface area contributed by atoms with Gasteiger partial charge in [0.1, 0.15) is 34.2 Å². The summed E-state index contributed by atoms with van der Waals surface area (Å²) >= 11 is 3.05. The maximum atomic E-state index is 11.4. The van der Waals surface area contributed by atoms with Gasteiger partial charge in [0.2, 0.25) is 0 Å². The van der Waals surface area contributed by atoms with Gasteiger partial charge >= 0.3 is 5.97 Å². The third-order valence-electron chi connectivity index (χ3n) is 11.3. The van der Waals surface area contributed by atoms with Crippen LogP contribution in [0.2, 0.25) is 0 Å². The molecule has 2 aliphatic rings. The fourth-order valence-electron chi connectivity index (χ4n) is 7.98. The van der Waals surface area contributed by atoms with Gasteiger partial charge in [-0.15, -0.1) is 22.7 Å². The van der Waals surface area contributed by atoms with Gasteiger partial charge in [0.05, 0.1) is 0 Å². The fraction of sp³-hybridized carbons (Fsp3) is 0.0612. The Morgan fingerprint density at radius 1 is 0.554 bits per heavy atom. The number of hydrogen-bond acceptors (Lipinski definition) is 13. The number of hydrogen-bond donors (Lipinski definition) is 6. The number of H-pyrrole nitrogens is 2. The minimum absolute atomic E-state index is 0.301. The van der Waals surface area contributed by atoms with Gasteiger partial charge in [0, 0.05) is 102 Å². The van der Waals surface area contributed by atoms with Crippen LogP contribution in [-0.2, 0) is 4.79 Å². The lowest BCUT2D eigenvalue weighted by atomic mass is 10.1. The normalized spacial score (nSPS) is 12.1. The molecule has 11 rings (SSSR count). The average molecular weight is 887 g/mol. The van der Waals surface area contributed by atoms with E-state index in [0.29, 0.717) is 50.8 Å². The first kappa shape index (κ1) is 39.3. The van der Waals surface area contributed by atoms with Crippen molar-refractivity contribution in [2.75, 3.05) is 37.1 Å². The van der Waals surface area contributed by atoms with E-state index in [4.69, 9.17) is 29.9 Å². The zero-order chi connectivity index (χ0) is 44.3. The molecule has 6 N–H and O–H groups in total. The number of nitriles is 1. The highest BCUT2D eigenvalue weighted by Gasteiger charge is 2.23. The summed E-state index contributed by atoms with van der Waals surface area (Å²) in [5, 5.41) is 31.7. The highest BCUT2D eigenvalue weighted by atomic mass is 32.1. The number of benzene rings is 4. The van der Waals surface area contributed by atoms with E-state index in [1.165, 1.54) is 17.4 Å². The molecule has 0 spiro atoms. The van der Waals surface area contributed by atoms with Crippen LogP contribution < -0.4 is 16.0 Å². The van der Waals surface area contributed by atoms with Crippen molar-refractivity contribution in [3.8, 4) is 61.4 Å². The first-order valence-corrected chi connectivity index (χ1v) is 22.0. The Kier molecular flexibility index (Phi) is 9.49. The van der Waals surface area contributed by atoms with Crippen molar-refractivity contribution >= 4 is 108 Å².